The highest BCUT2D eigenvalue weighted by Crippen LogP contribution is 2.22. The van der Waals surface area contributed by atoms with Crippen molar-refractivity contribution in [2.24, 2.45) is 16.3 Å². The number of rotatable bonds is 7. The molecule has 1 unspecified atom stereocenters. The third-order valence-electron chi connectivity index (χ3n) is 5.04. The number of hydrogen-bond acceptors (Lipinski definition) is 3. The zero-order chi connectivity index (χ0) is 19.2. The minimum atomic E-state index is -2.92. The van der Waals surface area contributed by atoms with E-state index in [0.29, 0.717) is 12.3 Å². The van der Waals surface area contributed by atoms with Crippen molar-refractivity contribution >= 4 is 15.8 Å². The summed E-state index contributed by atoms with van der Waals surface area (Å²) in [4.78, 5) is 6.76. The van der Waals surface area contributed by atoms with Crippen molar-refractivity contribution in [2.75, 3.05) is 38.7 Å². The smallest absolute Gasteiger partial charge is 0.193 e. The van der Waals surface area contributed by atoms with Crippen LogP contribution in [-0.2, 0) is 16.3 Å². The lowest BCUT2D eigenvalue weighted by Gasteiger charge is -2.28. The number of aliphatic imine (C=N–C) groups is 1. The minimum absolute atomic E-state index is 0.0951. The molecule has 1 aromatic rings. The monoisotopic (exact) mass is 379 g/mol. The van der Waals surface area contributed by atoms with Crippen LogP contribution in [0.4, 0.5) is 0 Å². The lowest BCUT2D eigenvalue weighted by molar-refractivity contribution is 0.340. The van der Waals surface area contributed by atoms with Gasteiger partial charge in [-0.25, -0.2) is 8.42 Å². The second-order valence-electron chi connectivity index (χ2n) is 8.24. The quantitative estimate of drug-likeness (QED) is 0.584. The zero-order valence-electron chi connectivity index (χ0n) is 16.5. The van der Waals surface area contributed by atoms with Crippen molar-refractivity contribution in [1.29, 1.82) is 0 Å². The molecule has 0 bridgehead atoms. The fourth-order valence-electron chi connectivity index (χ4n) is 3.34. The number of likely N-dealkylation sites (tertiary alicyclic amines) is 1. The first-order chi connectivity index (χ1) is 12.2. The Balaban J connectivity index is 1.83. The maximum atomic E-state index is 11.4. The Morgan fingerprint density at radius 2 is 2.00 bits per heavy atom. The Morgan fingerprint density at radius 1 is 1.31 bits per heavy atom. The minimum Gasteiger partial charge on any atom is -0.356 e. The van der Waals surface area contributed by atoms with Crippen molar-refractivity contribution in [2.45, 2.75) is 33.1 Å². The summed E-state index contributed by atoms with van der Waals surface area (Å²) in [6, 6.07) is 10.6. The second kappa shape index (κ2) is 8.89. The van der Waals surface area contributed by atoms with Gasteiger partial charge in [0, 0.05) is 32.9 Å². The van der Waals surface area contributed by atoms with Crippen LogP contribution >= 0.6 is 0 Å². The summed E-state index contributed by atoms with van der Waals surface area (Å²) in [6.07, 6.45) is 4.22. The van der Waals surface area contributed by atoms with Crippen molar-refractivity contribution in [1.82, 2.24) is 10.2 Å². The van der Waals surface area contributed by atoms with E-state index in [1.165, 1.54) is 18.2 Å². The Morgan fingerprint density at radius 3 is 2.62 bits per heavy atom. The van der Waals surface area contributed by atoms with Gasteiger partial charge in [-0.3, -0.25) is 4.99 Å². The van der Waals surface area contributed by atoms with Crippen LogP contribution in [0.3, 0.4) is 0 Å². The molecule has 146 valence electrons. The molecule has 5 nitrogen and oxygen atoms in total. The molecule has 1 aromatic carbocycles. The summed E-state index contributed by atoms with van der Waals surface area (Å²) in [6.45, 7) is 6.94. The predicted molar refractivity (Wildman–Crippen MR) is 109 cm³/mol. The van der Waals surface area contributed by atoms with E-state index in [0.717, 1.165) is 32.0 Å². The first-order valence-electron chi connectivity index (χ1n) is 9.36. The molecule has 0 aromatic heterocycles. The number of benzene rings is 1. The Bertz CT molecular complexity index is 699. The van der Waals surface area contributed by atoms with Crippen LogP contribution in [0.5, 0.6) is 0 Å². The first kappa shape index (κ1) is 20.7. The third-order valence-corrected chi connectivity index (χ3v) is 5.98. The van der Waals surface area contributed by atoms with E-state index in [1.54, 1.807) is 0 Å². The van der Waals surface area contributed by atoms with Crippen LogP contribution in [0, 0.1) is 11.3 Å². The van der Waals surface area contributed by atoms with Gasteiger partial charge in [-0.1, -0.05) is 44.2 Å². The molecular weight excluding hydrogens is 346 g/mol. The van der Waals surface area contributed by atoms with Gasteiger partial charge in [0.25, 0.3) is 0 Å². The van der Waals surface area contributed by atoms with Gasteiger partial charge >= 0.3 is 0 Å². The van der Waals surface area contributed by atoms with Crippen LogP contribution in [-0.4, -0.2) is 58.0 Å². The predicted octanol–water partition coefficient (Wildman–Crippen LogP) is 2.59. The van der Waals surface area contributed by atoms with E-state index in [-0.39, 0.29) is 11.2 Å². The van der Waals surface area contributed by atoms with E-state index in [4.69, 9.17) is 0 Å². The van der Waals surface area contributed by atoms with Gasteiger partial charge in [0.2, 0.25) is 0 Å². The van der Waals surface area contributed by atoms with E-state index in [9.17, 15) is 8.42 Å². The standard InChI is InChI=1S/C20H33N3O2S/c1-20(2,11-13-26(4,24)25)16-22-19(21-3)23-12-10-18(15-23)14-17-8-6-5-7-9-17/h5-9,18H,10-16H2,1-4H3,(H,21,22). The molecule has 1 N–H and O–H groups in total. The number of nitrogens with one attached hydrogen (secondary N) is 1. The van der Waals surface area contributed by atoms with Crippen molar-refractivity contribution in [3.05, 3.63) is 35.9 Å². The fourth-order valence-corrected chi connectivity index (χ4v) is 4.26. The first-order valence-corrected chi connectivity index (χ1v) is 11.4. The summed E-state index contributed by atoms with van der Waals surface area (Å²) in [7, 11) is -1.11. The largest absolute Gasteiger partial charge is 0.356 e. The molecule has 1 heterocycles. The third kappa shape index (κ3) is 6.98. The summed E-state index contributed by atoms with van der Waals surface area (Å²) < 4.78 is 22.8. The van der Waals surface area contributed by atoms with Gasteiger partial charge in [0.15, 0.2) is 5.96 Å². The normalized spacial score (nSPS) is 19.0. The molecule has 0 amide bonds. The Hall–Kier alpha value is -1.56. The van der Waals surface area contributed by atoms with Crippen LogP contribution in [0.2, 0.25) is 0 Å². The fraction of sp³-hybridized carbons (Fsp3) is 0.650. The second-order valence-corrected chi connectivity index (χ2v) is 10.5. The molecule has 6 heteroatoms. The van der Waals surface area contributed by atoms with Crippen molar-refractivity contribution < 1.29 is 8.42 Å². The molecule has 1 saturated heterocycles. The highest BCUT2D eigenvalue weighted by Gasteiger charge is 2.26. The molecule has 0 aliphatic carbocycles. The van der Waals surface area contributed by atoms with Gasteiger partial charge < -0.3 is 10.2 Å². The van der Waals surface area contributed by atoms with Crippen LogP contribution in [0.25, 0.3) is 0 Å². The molecule has 0 radical (unpaired) electrons. The van der Waals surface area contributed by atoms with E-state index >= 15 is 0 Å². The lowest BCUT2D eigenvalue weighted by atomic mass is 9.90. The average Bonchev–Trinajstić information content (AvgIpc) is 3.02. The number of guanidine groups is 1. The van der Waals surface area contributed by atoms with Gasteiger partial charge in [-0.05, 0) is 36.2 Å². The number of nitrogens with zero attached hydrogens (tertiary/aromatic N) is 2. The lowest BCUT2D eigenvalue weighted by Crippen LogP contribution is -2.44. The molecular formula is C20H33N3O2S. The van der Waals surface area contributed by atoms with Gasteiger partial charge in [-0.15, -0.1) is 0 Å². The molecule has 1 fully saturated rings. The molecule has 1 atom stereocenters. The Kier molecular flexibility index (Phi) is 7.09. The summed E-state index contributed by atoms with van der Waals surface area (Å²) in [5, 5.41) is 3.45. The molecule has 0 saturated carbocycles. The van der Waals surface area contributed by atoms with Gasteiger partial charge in [0.1, 0.15) is 9.84 Å². The number of sulfone groups is 1. The maximum absolute atomic E-state index is 11.4. The van der Waals surface area contributed by atoms with Crippen molar-refractivity contribution in [3.63, 3.8) is 0 Å². The van der Waals surface area contributed by atoms with E-state index in [2.05, 4.69) is 59.4 Å². The van der Waals surface area contributed by atoms with Crippen LogP contribution in [0.15, 0.2) is 35.3 Å². The summed E-state index contributed by atoms with van der Waals surface area (Å²) >= 11 is 0. The summed E-state index contributed by atoms with van der Waals surface area (Å²) in [5.74, 6) is 1.80. The SMILES string of the molecule is CN=C(NCC(C)(C)CCS(C)(=O)=O)N1CCC(Cc2ccccc2)C1. The van der Waals surface area contributed by atoms with Crippen molar-refractivity contribution in [3.8, 4) is 0 Å². The summed E-state index contributed by atoms with van der Waals surface area (Å²) in [5.41, 5.74) is 1.30. The van der Waals surface area contributed by atoms with Gasteiger partial charge in [-0.2, -0.15) is 0 Å². The Labute approximate surface area is 158 Å². The maximum Gasteiger partial charge on any atom is 0.193 e. The van der Waals surface area contributed by atoms with Crippen LogP contribution in [0.1, 0.15) is 32.3 Å². The van der Waals surface area contributed by atoms with E-state index < -0.39 is 9.84 Å². The number of hydrogen-bond donors (Lipinski definition) is 1. The molecule has 1 aliphatic rings. The highest BCUT2D eigenvalue weighted by atomic mass is 32.2. The average molecular weight is 380 g/mol. The molecule has 2 rings (SSSR count). The topological polar surface area (TPSA) is 61.8 Å². The highest BCUT2D eigenvalue weighted by molar-refractivity contribution is 7.90. The molecule has 0 spiro atoms. The zero-order valence-corrected chi connectivity index (χ0v) is 17.3. The molecule has 1 aliphatic heterocycles. The van der Waals surface area contributed by atoms with Gasteiger partial charge in [0.05, 0.1) is 5.75 Å². The van der Waals surface area contributed by atoms with Crippen LogP contribution < -0.4 is 5.32 Å². The van der Waals surface area contributed by atoms with E-state index in [1.807, 2.05) is 7.05 Å². The molecule has 26 heavy (non-hydrogen) atoms.